The molecule has 202 valence electrons. The Balaban J connectivity index is 1.64. The lowest BCUT2D eigenvalue weighted by molar-refractivity contribution is 0.0135. The highest BCUT2D eigenvalue weighted by Crippen LogP contribution is 2.35. The van der Waals surface area contributed by atoms with Gasteiger partial charge in [0.25, 0.3) is 11.5 Å². The number of carbonyl (C=O) groups is 2. The monoisotopic (exact) mass is 523 g/mol. The summed E-state index contributed by atoms with van der Waals surface area (Å²) in [5.41, 5.74) is 5.19. The minimum Gasteiger partial charge on any atom is -0.444 e. The van der Waals surface area contributed by atoms with Crippen molar-refractivity contribution < 1.29 is 19.1 Å². The summed E-state index contributed by atoms with van der Waals surface area (Å²) in [6.07, 6.45) is -0.352. The van der Waals surface area contributed by atoms with E-state index in [4.69, 9.17) is 20.2 Å². The number of hydrogen-bond acceptors (Lipinski definition) is 9. The molecule has 0 bridgehead atoms. The van der Waals surface area contributed by atoms with Gasteiger partial charge in [0.2, 0.25) is 0 Å². The summed E-state index contributed by atoms with van der Waals surface area (Å²) in [6.45, 7) is 9.91. The Kier molecular flexibility index (Phi) is 7.50. The Hall–Kier alpha value is -4.24. The number of para-hydroxylation sites is 1. The molecule has 4 rings (SSSR count). The lowest BCUT2D eigenvalue weighted by Gasteiger charge is -2.40. The average molecular weight is 524 g/mol. The second-order valence-electron chi connectivity index (χ2n) is 9.98. The van der Waals surface area contributed by atoms with Crippen LogP contribution in [-0.2, 0) is 11.8 Å². The Labute approximate surface area is 221 Å². The summed E-state index contributed by atoms with van der Waals surface area (Å²) < 4.78 is 12.8. The van der Waals surface area contributed by atoms with E-state index in [-0.39, 0.29) is 29.0 Å². The van der Waals surface area contributed by atoms with Gasteiger partial charge in [0, 0.05) is 33.2 Å². The number of hydrogen-bond donors (Lipinski definition) is 1. The number of primary amides is 1. The van der Waals surface area contributed by atoms with E-state index in [0.29, 0.717) is 50.9 Å². The largest absolute Gasteiger partial charge is 0.444 e. The van der Waals surface area contributed by atoms with Crippen molar-refractivity contribution >= 4 is 23.5 Å². The maximum atomic E-state index is 13.5. The van der Waals surface area contributed by atoms with Gasteiger partial charge in [0.1, 0.15) is 18.0 Å². The first kappa shape index (κ1) is 26.8. The van der Waals surface area contributed by atoms with E-state index in [1.54, 1.807) is 43.1 Å². The third-order valence-electron chi connectivity index (χ3n) is 6.12. The van der Waals surface area contributed by atoms with E-state index in [2.05, 4.69) is 11.8 Å². The van der Waals surface area contributed by atoms with Crippen molar-refractivity contribution in [1.82, 2.24) is 19.5 Å². The molecular formula is C26H33N7O5. The number of aromatic nitrogens is 2. The van der Waals surface area contributed by atoms with Crippen molar-refractivity contribution in [2.24, 2.45) is 12.8 Å². The third-order valence-corrected chi connectivity index (χ3v) is 6.12. The summed E-state index contributed by atoms with van der Waals surface area (Å²) in [4.78, 5) is 46.2. The van der Waals surface area contributed by atoms with Gasteiger partial charge < -0.3 is 25.0 Å². The fourth-order valence-corrected chi connectivity index (χ4v) is 4.24. The molecule has 0 radical (unpaired) electrons. The van der Waals surface area contributed by atoms with E-state index in [9.17, 15) is 14.4 Å². The lowest BCUT2D eigenvalue weighted by Crippen LogP contribution is -2.56. The highest BCUT2D eigenvalue weighted by Gasteiger charge is 2.37. The summed E-state index contributed by atoms with van der Waals surface area (Å²) in [5.74, 6) is 5.86. The molecule has 2 aliphatic heterocycles. The number of nitrogens with two attached hydrogens (primary N) is 1. The number of benzene rings is 1. The Morgan fingerprint density at radius 1 is 1.13 bits per heavy atom. The van der Waals surface area contributed by atoms with Gasteiger partial charge in [-0.2, -0.15) is 4.98 Å². The average Bonchev–Trinajstić information content (AvgIpc) is 3.23. The van der Waals surface area contributed by atoms with Crippen molar-refractivity contribution in [2.45, 2.75) is 33.3 Å². The predicted octanol–water partition coefficient (Wildman–Crippen LogP) is 1.75. The van der Waals surface area contributed by atoms with Crippen molar-refractivity contribution in [3.63, 3.8) is 0 Å². The van der Waals surface area contributed by atoms with Crippen LogP contribution in [0.15, 0.2) is 29.1 Å². The van der Waals surface area contributed by atoms with Crippen molar-refractivity contribution in [3.8, 4) is 23.6 Å². The topological polar surface area (TPSA) is 126 Å². The van der Waals surface area contributed by atoms with Crippen LogP contribution in [0.5, 0.6) is 11.8 Å². The van der Waals surface area contributed by atoms with Crippen molar-refractivity contribution in [3.05, 3.63) is 40.2 Å². The van der Waals surface area contributed by atoms with E-state index in [1.807, 2.05) is 35.7 Å². The number of hydrazine groups is 1. The van der Waals surface area contributed by atoms with Gasteiger partial charge in [0.15, 0.2) is 11.5 Å². The van der Waals surface area contributed by atoms with Crippen LogP contribution in [0.4, 0.5) is 16.3 Å². The van der Waals surface area contributed by atoms with Crippen molar-refractivity contribution in [2.75, 3.05) is 49.3 Å². The van der Waals surface area contributed by atoms with Crippen LogP contribution in [0.2, 0.25) is 0 Å². The Bertz CT molecular complexity index is 1350. The quantitative estimate of drug-likeness (QED) is 0.583. The van der Waals surface area contributed by atoms with Crippen molar-refractivity contribution in [1.29, 1.82) is 0 Å². The molecule has 3 heterocycles. The molecule has 1 aromatic carbocycles. The van der Waals surface area contributed by atoms with Crippen LogP contribution < -0.4 is 25.9 Å². The van der Waals surface area contributed by atoms with Crippen LogP contribution in [0.3, 0.4) is 0 Å². The predicted molar refractivity (Wildman–Crippen MR) is 142 cm³/mol. The van der Waals surface area contributed by atoms with Crippen LogP contribution >= 0.6 is 0 Å². The van der Waals surface area contributed by atoms with E-state index in [1.165, 1.54) is 4.57 Å². The molecule has 0 spiro atoms. The molecule has 0 atom stereocenters. The number of carbonyl (C=O) groups excluding carboxylic acids is 2. The molecule has 0 unspecified atom stereocenters. The van der Waals surface area contributed by atoms with Gasteiger partial charge in [-0.3, -0.25) is 19.2 Å². The maximum absolute atomic E-state index is 13.5. The smallest absolute Gasteiger partial charge is 0.410 e. The van der Waals surface area contributed by atoms with Gasteiger partial charge in [-0.15, -0.1) is 5.92 Å². The fourth-order valence-electron chi connectivity index (χ4n) is 4.24. The third kappa shape index (κ3) is 5.52. The standard InChI is InChI=1S/C26H33N7O5/c1-6-7-12-31-17-33(32-15-13-30(14-16-32)25(36)38-26(2,3)4)22-20(31)23(35)29(5)24(28-22)37-19-11-9-8-10-18(19)21(27)34/h8-11H,12-17H2,1-5H3,(H2,27,34). The first-order chi connectivity index (χ1) is 18.0. The molecule has 2 aliphatic rings. The van der Waals surface area contributed by atoms with E-state index >= 15 is 0 Å². The van der Waals surface area contributed by atoms with E-state index < -0.39 is 11.5 Å². The number of nitrogens with zero attached hydrogens (tertiary/aromatic N) is 6. The minimum absolute atomic E-state index is 0.0169. The molecule has 2 amide bonds. The number of fused-ring (bicyclic) bond motifs is 1. The summed E-state index contributed by atoms with van der Waals surface area (Å²) in [7, 11) is 1.56. The molecule has 1 aromatic heterocycles. The fraction of sp³-hybridized carbons (Fsp3) is 0.462. The van der Waals surface area contributed by atoms with Crippen LogP contribution in [0, 0.1) is 11.8 Å². The zero-order chi connectivity index (χ0) is 27.6. The molecule has 38 heavy (non-hydrogen) atoms. The first-order valence-corrected chi connectivity index (χ1v) is 12.3. The van der Waals surface area contributed by atoms with Gasteiger partial charge >= 0.3 is 12.1 Å². The molecule has 2 N–H and O–H groups in total. The minimum atomic E-state index is -0.652. The zero-order valence-electron chi connectivity index (χ0n) is 22.4. The Morgan fingerprint density at radius 3 is 2.45 bits per heavy atom. The second-order valence-corrected chi connectivity index (χ2v) is 9.98. The lowest BCUT2D eigenvalue weighted by atomic mass is 10.2. The molecule has 1 fully saturated rings. The molecule has 12 heteroatoms. The highest BCUT2D eigenvalue weighted by atomic mass is 16.6. The zero-order valence-corrected chi connectivity index (χ0v) is 22.4. The second kappa shape index (κ2) is 10.6. The molecular weight excluding hydrogens is 490 g/mol. The summed E-state index contributed by atoms with van der Waals surface area (Å²) >= 11 is 0. The molecule has 2 aromatic rings. The van der Waals surface area contributed by atoms with Crippen LogP contribution in [-0.4, -0.2) is 76.5 Å². The SMILES string of the molecule is CC#CCN1CN(N2CCN(C(=O)OC(C)(C)C)CC2)c2nc(Oc3ccccc3C(N)=O)n(C)c(=O)c21. The summed E-state index contributed by atoms with van der Waals surface area (Å²) in [5, 5.41) is 3.96. The van der Waals surface area contributed by atoms with E-state index in [0.717, 1.165) is 0 Å². The number of anilines is 2. The maximum Gasteiger partial charge on any atom is 0.410 e. The van der Waals surface area contributed by atoms with Gasteiger partial charge in [-0.25, -0.2) is 9.80 Å². The molecule has 0 saturated carbocycles. The Morgan fingerprint density at radius 2 is 1.82 bits per heavy atom. The molecule has 1 saturated heterocycles. The van der Waals surface area contributed by atoms with Crippen LogP contribution in [0.1, 0.15) is 38.1 Å². The molecule has 12 nitrogen and oxygen atoms in total. The first-order valence-electron chi connectivity index (χ1n) is 12.3. The number of rotatable bonds is 5. The normalized spacial score (nSPS) is 15.6. The highest BCUT2D eigenvalue weighted by molar-refractivity contribution is 5.95. The van der Waals surface area contributed by atoms with Gasteiger partial charge in [0.05, 0.1) is 12.1 Å². The molecule has 0 aliphatic carbocycles. The van der Waals surface area contributed by atoms with Gasteiger partial charge in [-0.05, 0) is 39.8 Å². The van der Waals surface area contributed by atoms with Crippen LogP contribution in [0.25, 0.3) is 0 Å². The number of ether oxygens (including phenoxy) is 2. The number of piperazine rings is 1. The summed E-state index contributed by atoms with van der Waals surface area (Å²) in [6, 6.07) is 6.53. The van der Waals surface area contributed by atoms with Gasteiger partial charge in [-0.1, -0.05) is 18.1 Å². The number of amides is 2.